The van der Waals surface area contributed by atoms with Crippen LogP contribution in [0.4, 0.5) is 0 Å². The first-order valence-corrected chi connectivity index (χ1v) is 20.0. The Kier molecular flexibility index (Phi) is 6.37. The zero-order chi connectivity index (χ0) is 38.0. The molecular weight excluding hydrogens is 705 g/mol. The zero-order valence-electron chi connectivity index (χ0n) is 31.4. The molecular formula is C55H34N2O. The van der Waals surface area contributed by atoms with Gasteiger partial charge in [-0.2, -0.15) is 0 Å². The van der Waals surface area contributed by atoms with Gasteiger partial charge in [-0.25, -0.2) is 0 Å². The molecule has 3 nitrogen and oxygen atoms in total. The minimum absolute atomic E-state index is 0.643. The molecule has 4 heterocycles. The number of para-hydroxylation sites is 5. The summed E-state index contributed by atoms with van der Waals surface area (Å²) in [5.41, 5.74) is 16.1. The topological polar surface area (TPSA) is 19.1 Å². The van der Waals surface area contributed by atoms with E-state index >= 15 is 0 Å². The van der Waals surface area contributed by atoms with Gasteiger partial charge in [0.2, 0.25) is 0 Å². The first-order chi connectivity index (χ1) is 28.8. The summed E-state index contributed by atoms with van der Waals surface area (Å²) in [6, 6.07) is 75.4. The number of ether oxygens (including phenoxy) is 1. The van der Waals surface area contributed by atoms with Crippen molar-refractivity contribution in [3.63, 3.8) is 0 Å². The summed E-state index contributed by atoms with van der Waals surface area (Å²) in [7, 11) is 0. The molecule has 1 spiro atoms. The highest BCUT2D eigenvalue weighted by Gasteiger charge is 2.50. The predicted molar refractivity (Wildman–Crippen MR) is 238 cm³/mol. The third kappa shape index (κ3) is 4.12. The summed E-state index contributed by atoms with van der Waals surface area (Å²) >= 11 is 0. The summed E-state index contributed by atoms with van der Waals surface area (Å²) in [5.74, 6) is 1.78. The van der Waals surface area contributed by atoms with Crippen LogP contribution in [0.25, 0.3) is 77.2 Å². The lowest BCUT2D eigenvalue weighted by molar-refractivity contribution is 0.435. The van der Waals surface area contributed by atoms with Gasteiger partial charge in [-0.1, -0.05) is 158 Å². The van der Waals surface area contributed by atoms with Crippen LogP contribution in [-0.2, 0) is 5.41 Å². The van der Waals surface area contributed by atoms with Crippen molar-refractivity contribution < 1.29 is 4.74 Å². The number of rotatable bonds is 3. The van der Waals surface area contributed by atoms with E-state index < -0.39 is 5.41 Å². The third-order valence-electron chi connectivity index (χ3n) is 12.8. The van der Waals surface area contributed by atoms with Gasteiger partial charge in [-0.15, -0.1) is 0 Å². The Labute approximate surface area is 335 Å². The van der Waals surface area contributed by atoms with E-state index in [0.29, 0.717) is 0 Å². The highest BCUT2D eigenvalue weighted by molar-refractivity contribution is 6.13. The Morgan fingerprint density at radius 1 is 0.328 bits per heavy atom. The molecule has 1 unspecified atom stereocenters. The van der Waals surface area contributed by atoms with E-state index in [0.717, 1.165) is 39.3 Å². The molecule has 2 aromatic heterocycles. The van der Waals surface area contributed by atoms with Crippen molar-refractivity contribution >= 4 is 43.6 Å². The minimum atomic E-state index is -0.643. The molecule has 0 radical (unpaired) electrons. The van der Waals surface area contributed by atoms with Crippen LogP contribution >= 0.6 is 0 Å². The van der Waals surface area contributed by atoms with E-state index in [-0.39, 0.29) is 0 Å². The molecule has 0 saturated heterocycles. The lowest BCUT2D eigenvalue weighted by atomic mass is 9.61. The summed E-state index contributed by atoms with van der Waals surface area (Å²) in [6.45, 7) is 0. The highest BCUT2D eigenvalue weighted by Crippen LogP contribution is 2.61. The van der Waals surface area contributed by atoms with E-state index in [1.54, 1.807) is 0 Å². The van der Waals surface area contributed by atoms with Crippen LogP contribution in [0.2, 0.25) is 0 Å². The largest absolute Gasteiger partial charge is 0.457 e. The lowest BCUT2D eigenvalue weighted by Crippen LogP contribution is -2.37. The minimum Gasteiger partial charge on any atom is -0.457 e. The van der Waals surface area contributed by atoms with Gasteiger partial charge in [0, 0.05) is 38.4 Å². The number of nitrogens with zero attached hydrogens (tertiary/aromatic N) is 2. The SMILES string of the molecule is c1ccc(-c2ccc(-c3ccc(-n4c5ccccc5c5cc6c(cc54)C4(c5ccccc5O6)c5ccccc5-n5c6ccccc6c6cccc4c65)cc3)cc2)cc1. The molecule has 13 rings (SSSR count). The van der Waals surface area contributed by atoms with Crippen molar-refractivity contribution in [2.45, 2.75) is 5.41 Å². The fourth-order valence-corrected chi connectivity index (χ4v) is 10.4. The number of benzene rings is 9. The summed E-state index contributed by atoms with van der Waals surface area (Å²) < 4.78 is 11.9. The maximum absolute atomic E-state index is 7.02. The first-order valence-electron chi connectivity index (χ1n) is 20.0. The monoisotopic (exact) mass is 738 g/mol. The molecule has 0 bridgehead atoms. The van der Waals surface area contributed by atoms with Crippen LogP contribution < -0.4 is 4.74 Å². The molecule has 1 atom stereocenters. The van der Waals surface area contributed by atoms with Crippen LogP contribution in [0.5, 0.6) is 11.5 Å². The first kappa shape index (κ1) is 31.6. The fraction of sp³-hybridized carbons (Fsp3) is 0.0182. The van der Waals surface area contributed by atoms with Crippen molar-refractivity contribution in [3.05, 3.63) is 229 Å². The van der Waals surface area contributed by atoms with Gasteiger partial charge in [-0.05, 0) is 81.9 Å². The smallest absolute Gasteiger partial charge is 0.133 e. The summed E-state index contributed by atoms with van der Waals surface area (Å²) in [6.07, 6.45) is 0. The van der Waals surface area contributed by atoms with Gasteiger partial charge < -0.3 is 13.9 Å². The number of hydrogen-bond acceptors (Lipinski definition) is 1. The van der Waals surface area contributed by atoms with Crippen molar-refractivity contribution in [2.75, 3.05) is 0 Å². The van der Waals surface area contributed by atoms with E-state index in [2.05, 4.69) is 215 Å². The molecule has 11 aromatic rings. The zero-order valence-corrected chi connectivity index (χ0v) is 31.4. The second kappa shape index (κ2) is 11.7. The van der Waals surface area contributed by atoms with Crippen LogP contribution in [0.15, 0.2) is 206 Å². The summed E-state index contributed by atoms with van der Waals surface area (Å²) in [4.78, 5) is 0. The average molecular weight is 739 g/mol. The molecule has 0 aliphatic carbocycles. The molecule has 3 heteroatoms. The number of fused-ring (bicyclic) bond motifs is 14. The maximum atomic E-state index is 7.02. The Hall–Kier alpha value is -7.62. The molecule has 2 aliphatic rings. The molecule has 58 heavy (non-hydrogen) atoms. The van der Waals surface area contributed by atoms with E-state index in [9.17, 15) is 0 Å². The van der Waals surface area contributed by atoms with E-state index in [1.165, 1.54) is 71.6 Å². The average Bonchev–Trinajstić information content (AvgIpc) is 3.81. The Balaban J connectivity index is 1.07. The Morgan fingerprint density at radius 3 is 1.64 bits per heavy atom. The quantitative estimate of drug-likeness (QED) is 0.177. The van der Waals surface area contributed by atoms with Gasteiger partial charge >= 0.3 is 0 Å². The molecule has 2 aliphatic heterocycles. The third-order valence-corrected chi connectivity index (χ3v) is 12.8. The molecule has 0 amide bonds. The Bertz CT molecular complexity index is 3460. The van der Waals surface area contributed by atoms with Crippen LogP contribution in [0.1, 0.15) is 22.3 Å². The second-order valence-corrected chi connectivity index (χ2v) is 15.6. The maximum Gasteiger partial charge on any atom is 0.133 e. The van der Waals surface area contributed by atoms with Gasteiger partial charge in [0.25, 0.3) is 0 Å². The molecule has 0 saturated carbocycles. The fourth-order valence-electron chi connectivity index (χ4n) is 10.4. The Morgan fingerprint density at radius 2 is 0.879 bits per heavy atom. The predicted octanol–water partition coefficient (Wildman–Crippen LogP) is 14.0. The second-order valence-electron chi connectivity index (χ2n) is 15.6. The normalized spacial score (nSPS) is 15.1. The van der Waals surface area contributed by atoms with Crippen molar-refractivity contribution in [1.82, 2.24) is 9.13 Å². The summed E-state index contributed by atoms with van der Waals surface area (Å²) in [5, 5.41) is 4.89. The number of hydrogen-bond donors (Lipinski definition) is 0. The van der Waals surface area contributed by atoms with Gasteiger partial charge in [0.1, 0.15) is 11.5 Å². The molecule has 270 valence electrons. The highest BCUT2D eigenvalue weighted by atomic mass is 16.5. The molecule has 9 aromatic carbocycles. The molecule has 0 fully saturated rings. The van der Waals surface area contributed by atoms with Gasteiger partial charge in [0.05, 0.1) is 33.2 Å². The van der Waals surface area contributed by atoms with Gasteiger partial charge in [-0.3, -0.25) is 0 Å². The van der Waals surface area contributed by atoms with E-state index in [1.807, 2.05) is 0 Å². The molecule has 0 N–H and O–H groups in total. The lowest BCUT2D eigenvalue weighted by Gasteiger charge is -2.45. The van der Waals surface area contributed by atoms with Crippen molar-refractivity contribution in [2.24, 2.45) is 0 Å². The van der Waals surface area contributed by atoms with Gasteiger partial charge in [0.15, 0.2) is 0 Å². The standard InChI is InChI=1S/C55H34N2O/c1-2-13-35(14-3-1)36-25-27-37(28-26-36)38-29-31-39(32-30-38)56-48-21-8-5-16-41(48)43-33-53-47(34-51(43)56)55(45-19-7-11-24-52(45)58-53)44-18-6-10-23-50(44)57-49-22-9-4-15-40(49)42-17-12-20-46(55)54(42)57/h1-34H. The van der Waals surface area contributed by atoms with E-state index in [4.69, 9.17) is 4.74 Å². The van der Waals surface area contributed by atoms with Crippen LogP contribution in [0.3, 0.4) is 0 Å². The number of aromatic nitrogens is 2. The van der Waals surface area contributed by atoms with Crippen molar-refractivity contribution in [1.29, 1.82) is 0 Å². The van der Waals surface area contributed by atoms with Crippen LogP contribution in [-0.4, -0.2) is 9.13 Å². The van der Waals surface area contributed by atoms with Crippen molar-refractivity contribution in [3.8, 4) is 45.1 Å². The van der Waals surface area contributed by atoms with Crippen LogP contribution in [0, 0.1) is 0 Å².